The van der Waals surface area contributed by atoms with Crippen LogP contribution in [0.15, 0.2) is 36.5 Å². The first-order chi connectivity index (χ1) is 12.2. The van der Waals surface area contributed by atoms with E-state index >= 15 is 0 Å². The highest BCUT2D eigenvalue weighted by molar-refractivity contribution is 7.91. The monoisotopic (exact) mass is 373 g/mol. The largest absolute Gasteiger partial charge is 0.369 e. The minimum Gasteiger partial charge on any atom is -0.369 e. The molecule has 6 nitrogen and oxygen atoms in total. The number of carbonyl (C=O) groups is 1. The fourth-order valence-electron chi connectivity index (χ4n) is 3.08. The zero-order valence-corrected chi connectivity index (χ0v) is 16.0. The van der Waals surface area contributed by atoms with Gasteiger partial charge >= 0.3 is 0 Å². The Bertz CT molecular complexity index is 924. The quantitative estimate of drug-likeness (QED) is 0.891. The van der Waals surface area contributed by atoms with Gasteiger partial charge in [-0.3, -0.25) is 4.79 Å². The minimum atomic E-state index is -2.94. The van der Waals surface area contributed by atoms with E-state index in [1.165, 1.54) is 0 Å². The summed E-state index contributed by atoms with van der Waals surface area (Å²) >= 11 is 0. The number of anilines is 2. The van der Waals surface area contributed by atoms with E-state index in [0.29, 0.717) is 12.1 Å². The van der Waals surface area contributed by atoms with Gasteiger partial charge in [0.05, 0.1) is 23.4 Å². The molecule has 0 bridgehead atoms. The first kappa shape index (κ1) is 18.4. The highest BCUT2D eigenvalue weighted by Gasteiger charge is 2.30. The average molecular weight is 373 g/mol. The van der Waals surface area contributed by atoms with Crippen molar-refractivity contribution in [2.24, 2.45) is 0 Å². The Morgan fingerprint density at radius 3 is 2.62 bits per heavy atom. The van der Waals surface area contributed by atoms with Gasteiger partial charge in [0.1, 0.15) is 5.69 Å². The summed E-state index contributed by atoms with van der Waals surface area (Å²) in [5.41, 5.74) is 3.96. The Hall–Kier alpha value is -2.41. The zero-order chi connectivity index (χ0) is 18.9. The number of rotatable bonds is 4. The highest BCUT2D eigenvalue weighted by atomic mass is 32.2. The molecule has 1 unspecified atom stereocenters. The molecule has 3 rings (SSSR count). The molecule has 7 heteroatoms. The number of nitrogens with zero attached hydrogens (tertiary/aromatic N) is 2. The molecule has 1 aromatic heterocycles. The lowest BCUT2D eigenvalue weighted by Gasteiger charge is -2.25. The average Bonchev–Trinajstić information content (AvgIpc) is 2.97. The van der Waals surface area contributed by atoms with Gasteiger partial charge in [-0.05, 0) is 49.6 Å². The molecule has 2 aromatic rings. The minimum absolute atomic E-state index is 0.0450. The van der Waals surface area contributed by atoms with Crippen LogP contribution in [0.1, 0.15) is 28.0 Å². The smallest absolute Gasteiger partial charge is 0.274 e. The lowest BCUT2D eigenvalue weighted by Crippen LogP contribution is -2.32. The van der Waals surface area contributed by atoms with Crippen molar-refractivity contribution in [3.8, 4) is 0 Å². The Labute approximate surface area is 154 Å². The van der Waals surface area contributed by atoms with Crippen LogP contribution in [0.4, 0.5) is 11.4 Å². The lowest BCUT2D eigenvalue weighted by molar-refractivity contribution is 0.102. The molecule has 2 heterocycles. The van der Waals surface area contributed by atoms with Crippen LogP contribution < -0.4 is 10.2 Å². The summed E-state index contributed by atoms with van der Waals surface area (Å²) in [6, 6.07) is 9.31. The molecule has 1 atom stereocenters. The molecule has 1 fully saturated rings. The van der Waals surface area contributed by atoms with Crippen LogP contribution in [-0.2, 0) is 9.84 Å². The maximum Gasteiger partial charge on any atom is 0.274 e. The third-order valence-corrected chi connectivity index (χ3v) is 6.54. The van der Waals surface area contributed by atoms with E-state index in [1.54, 1.807) is 18.3 Å². The third kappa shape index (κ3) is 4.04. The second-order valence-electron chi connectivity index (χ2n) is 6.84. The maximum atomic E-state index is 12.4. The Kier molecular flexibility index (Phi) is 5.00. The van der Waals surface area contributed by atoms with E-state index < -0.39 is 9.84 Å². The van der Waals surface area contributed by atoms with Crippen LogP contribution in [0.5, 0.6) is 0 Å². The van der Waals surface area contributed by atoms with Crippen molar-refractivity contribution in [2.75, 3.05) is 28.8 Å². The molecule has 1 N–H and O–H groups in total. The highest BCUT2D eigenvalue weighted by Crippen LogP contribution is 2.23. The molecular weight excluding hydrogens is 350 g/mol. The summed E-state index contributed by atoms with van der Waals surface area (Å²) in [6.07, 6.45) is 2.23. The fourth-order valence-corrected chi connectivity index (χ4v) is 4.85. The Morgan fingerprint density at radius 1 is 1.23 bits per heavy atom. The molecule has 0 aliphatic carbocycles. The Morgan fingerprint density at radius 2 is 2.00 bits per heavy atom. The van der Waals surface area contributed by atoms with Crippen molar-refractivity contribution < 1.29 is 13.2 Å². The van der Waals surface area contributed by atoms with E-state index in [9.17, 15) is 13.2 Å². The van der Waals surface area contributed by atoms with Gasteiger partial charge in [0.25, 0.3) is 5.91 Å². The van der Waals surface area contributed by atoms with Gasteiger partial charge in [0, 0.05) is 18.8 Å². The van der Waals surface area contributed by atoms with Crippen LogP contribution in [0.25, 0.3) is 0 Å². The predicted molar refractivity (Wildman–Crippen MR) is 104 cm³/mol. The number of pyridine rings is 1. The van der Waals surface area contributed by atoms with E-state index in [-0.39, 0.29) is 23.5 Å². The van der Waals surface area contributed by atoms with Gasteiger partial charge in [-0.1, -0.05) is 12.1 Å². The van der Waals surface area contributed by atoms with Gasteiger partial charge in [-0.2, -0.15) is 0 Å². The summed E-state index contributed by atoms with van der Waals surface area (Å²) in [7, 11) is -1.08. The van der Waals surface area contributed by atoms with Gasteiger partial charge < -0.3 is 10.2 Å². The molecule has 1 aliphatic rings. The van der Waals surface area contributed by atoms with Crippen LogP contribution in [0, 0.1) is 13.8 Å². The molecular formula is C19H23N3O3S. The van der Waals surface area contributed by atoms with E-state index in [4.69, 9.17) is 0 Å². The summed E-state index contributed by atoms with van der Waals surface area (Å²) in [6.45, 7) is 3.91. The number of hydrogen-bond acceptors (Lipinski definition) is 5. The van der Waals surface area contributed by atoms with Gasteiger partial charge in [-0.15, -0.1) is 0 Å². The number of aryl methyl sites for hydroxylation is 2. The SMILES string of the molecule is Cc1ccc(C)c(NC(=O)c2ccc(N(C)C3CCS(=O)(=O)C3)cn2)c1. The molecule has 1 saturated heterocycles. The van der Waals surface area contributed by atoms with Crippen molar-refractivity contribution in [1.29, 1.82) is 0 Å². The second kappa shape index (κ2) is 7.07. The molecule has 0 saturated carbocycles. The molecule has 0 spiro atoms. The van der Waals surface area contributed by atoms with Crippen molar-refractivity contribution in [3.63, 3.8) is 0 Å². The normalized spacial score (nSPS) is 18.5. The van der Waals surface area contributed by atoms with E-state index in [1.807, 2.05) is 44.0 Å². The van der Waals surface area contributed by atoms with Crippen molar-refractivity contribution in [1.82, 2.24) is 4.98 Å². The predicted octanol–water partition coefficient (Wildman–Crippen LogP) is 2.57. The number of carbonyl (C=O) groups excluding carboxylic acids is 1. The number of aromatic nitrogens is 1. The molecule has 0 radical (unpaired) electrons. The summed E-state index contributed by atoms with van der Waals surface area (Å²) in [5.74, 6) is 0.126. The first-order valence-electron chi connectivity index (χ1n) is 8.53. The Balaban J connectivity index is 1.71. The lowest BCUT2D eigenvalue weighted by atomic mass is 10.1. The third-order valence-electron chi connectivity index (χ3n) is 4.79. The van der Waals surface area contributed by atoms with Crippen molar-refractivity contribution in [3.05, 3.63) is 53.3 Å². The van der Waals surface area contributed by atoms with Crippen LogP contribution in [0.3, 0.4) is 0 Å². The van der Waals surface area contributed by atoms with Crippen molar-refractivity contribution >= 4 is 27.1 Å². The summed E-state index contributed by atoms with van der Waals surface area (Å²) in [5, 5.41) is 2.89. The van der Waals surface area contributed by atoms with E-state index in [0.717, 1.165) is 22.5 Å². The molecule has 138 valence electrons. The van der Waals surface area contributed by atoms with E-state index in [2.05, 4.69) is 10.3 Å². The molecule has 26 heavy (non-hydrogen) atoms. The first-order valence-corrected chi connectivity index (χ1v) is 10.4. The number of sulfone groups is 1. The number of hydrogen-bond donors (Lipinski definition) is 1. The van der Waals surface area contributed by atoms with Crippen LogP contribution >= 0.6 is 0 Å². The maximum absolute atomic E-state index is 12.4. The van der Waals surface area contributed by atoms with Crippen molar-refractivity contribution in [2.45, 2.75) is 26.3 Å². The van der Waals surface area contributed by atoms with Gasteiger partial charge in [0.15, 0.2) is 9.84 Å². The second-order valence-corrected chi connectivity index (χ2v) is 9.07. The molecule has 1 aliphatic heterocycles. The standard InChI is InChI=1S/C19H23N3O3S/c1-13-4-5-14(2)18(10-13)21-19(23)17-7-6-15(11-20-17)22(3)16-8-9-26(24,25)12-16/h4-7,10-11,16H,8-9,12H2,1-3H3,(H,21,23). The zero-order valence-electron chi connectivity index (χ0n) is 15.2. The number of nitrogens with one attached hydrogen (secondary N) is 1. The summed E-state index contributed by atoms with van der Waals surface area (Å²) < 4.78 is 23.3. The number of benzene rings is 1. The van der Waals surface area contributed by atoms with Gasteiger partial charge in [-0.25, -0.2) is 13.4 Å². The molecule has 1 amide bonds. The fraction of sp³-hybridized carbons (Fsp3) is 0.368. The topological polar surface area (TPSA) is 79.4 Å². The van der Waals surface area contributed by atoms with Crippen LogP contribution in [0.2, 0.25) is 0 Å². The summed E-state index contributed by atoms with van der Waals surface area (Å²) in [4.78, 5) is 18.6. The molecule has 1 aromatic carbocycles. The number of amides is 1. The van der Waals surface area contributed by atoms with Crippen LogP contribution in [-0.4, -0.2) is 43.9 Å². The van der Waals surface area contributed by atoms with Gasteiger partial charge in [0.2, 0.25) is 0 Å².